The monoisotopic (exact) mass is 547 g/mol. The minimum atomic E-state index is -3.01. The van der Waals surface area contributed by atoms with Crippen LogP contribution in [0.15, 0.2) is 24.4 Å². The summed E-state index contributed by atoms with van der Waals surface area (Å²) in [4.78, 5) is 16.9. The molecule has 10 heteroatoms. The summed E-state index contributed by atoms with van der Waals surface area (Å²) in [7, 11) is -4.22. The lowest BCUT2D eigenvalue weighted by Crippen LogP contribution is -2.33. The number of nitrogens with one attached hydrogen (secondary N) is 1. The standard InChI is InChI=1S/C27H41N3O5SSi/c1-19(2)29-27(31)35-24-7-6-21(15-24)23-14-22-16-25(20-8-11-36(32,33)12-9-20)30(26(22)28-17-23)18-34-10-13-37(3,4)5/h8,14,16-17,19,21,24H,6-7,9-13,15,18H2,1-5H3,(H,29,31)/t21-,24+/m0/s1. The molecule has 2 aromatic rings. The molecule has 2 aliphatic rings. The van der Waals surface area contributed by atoms with Gasteiger partial charge in [0, 0.05) is 38.0 Å². The number of hydrogen-bond donors (Lipinski definition) is 1. The summed E-state index contributed by atoms with van der Waals surface area (Å²) >= 11 is 0. The molecule has 2 atom stereocenters. The van der Waals surface area contributed by atoms with Crippen LogP contribution in [0, 0.1) is 0 Å². The Morgan fingerprint density at radius 2 is 2.03 bits per heavy atom. The van der Waals surface area contributed by atoms with Gasteiger partial charge in [0.2, 0.25) is 0 Å². The lowest BCUT2D eigenvalue weighted by atomic mass is 9.98. The Kier molecular flexibility index (Phi) is 8.50. The normalized spacial score (nSPS) is 21.8. The van der Waals surface area contributed by atoms with Gasteiger partial charge in [0.15, 0.2) is 9.84 Å². The fraction of sp³-hybridized carbons (Fsp3) is 0.630. The third kappa shape index (κ3) is 7.45. The first-order chi connectivity index (χ1) is 17.4. The molecule has 8 nitrogen and oxygen atoms in total. The second-order valence-corrected chi connectivity index (χ2v) is 19.8. The first-order valence-corrected chi connectivity index (χ1v) is 18.9. The van der Waals surface area contributed by atoms with Gasteiger partial charge in [0.1, 0.15) is 18.5 Å². The molecule has 37 heavy (non-hydrogen) atoms. The van der Waals surface area contributed by atoms with E-state index in [9.17, 15) is 13.2 Å². The van der Waals surface area contributed by atoms with Crippen LogP contribution in [0.4, 0.5) is 4.79 Å². The van der Waals surface area contributed by atoms with Gasteiger partial charge in [-0.15, -0.1) is 0 Å². The van der Waals surface area contributed by atoms with E-state index in [4.69, 9.17) is 14.5 Å². The third-order valence-electron chi connectivity index (χ3n) is 7.10. The lowest BCUT2D eigenvalue weighted by molar-refractivity contribution is 0.0893. The number of carbonyl (C=O) groups excluding carboxylic acids is 1. The summed E-state index contributed by atoms with van der Waals surface area (Å²) in [5.74, 6) is 0.531. The van der Waals surface area contributed by atoms with Crippen LogP contribution in [0.2, 0.25) is 25.7 Å². The zero-order valence-electron chi connectivity index (χ0n) is 22.7. The van der Waals surface area contributed by atoms with Gasteiger partial charge in [0.25, 0.3) is 0 Å². The Morgan fingerprint density at radius 3 is 2.70 bits per heavy atom. The number of aromatic nitrogens is 2. The zero-order valence-corrected chi connectivity index (χ0v) is 24.6. The van der Waals surface area contributed by atoms with E-state index in [1.165, 1.54) is 0 Å². The molecule has 1 amide bonds. The maximum Gasteiger partial charge on any atom is 0.407 e. The minimum absolute atomic E-state index is 0.0495. The molecular formula is C27H41N3O5SSi. The van der Waals surface area contributed by atoms with Gasteiger partial charge in [-0.25, -0.2) is 18.2 Å². The second kappa shape index (κ2) is 11.3. The van der Waals surface area contributed by atoms with Crippen molar-refractivity contribution in [3.05, 3.63) is 35.7 Å². The number of fused-ring (bicyclic) bond motifs is 1. The largest absolute Gasteiger partial charge is 0.446 e. The number of carbonyl (C=O) groups is 1. The van der Waals surface area contributed by atoms with Crippen LogP contribution in [-0.4, -0.2) is 62.4 Å². The molecule has 1 aliphatic carbocycles. The highest BCUT2D eigenvalue weighted by Gasteiger charge is 2.30. The highest BCUT2D eigenvalue weighted by molar-refractivity contribution is 7.91. The topological polar surface area (TPSA) is 99.5 Å². The molecule has 3 heterocycles. The van der Waals surface area contributed by atoms with E-state index in [0.717, 1.165) is 53.2 Å². The number of alkyl carbamates (subject to hydrolysis) is 1. The van der Waals surface area contributed by atoms with Crippen molar-refractivity contribution in [2.45, 2.75) is 90.0 Å². The predicted octanol–water partition coefficient (Wildman–Crippen LogP) is 5.32. The summed E-state index contributed by atoms with van der Waals surface area (Å²) in [5.41, 5.74) is 4.02. The number of pyridine rings is 1. The number of ether oxygens (including phenoxy) is 2. The van der Waals surface area contributed by atoms with Gasteiger partial charge in [0.05, 0.1) is 11.5 Å². The molecule has 1 aliphatic heterocycles. The van der Waals surface area contributed by atoms with E-state index in [-0.39, 0.29) is 35.7 Å². The quantitative estimate of drug-likeness (QED) is 0.337. The molecular weight excluding hydrogens is 506 g/mol. The molecule has 0 radical (unpaired) electrons. The van der Waals surface area contributed by atoms with E-state index in [2.05, 4.69) is 41.7 Å². The molecule has 0 bridgehead atoms. The molecule has 0 spiro atoms. The molecule has 204 valence electrons. The molecule has 4 rings (SSSR count). The van der Waals surface area contributed by atoms with E-state index < -0.39 is 17.9 Å². The fourth-order valence-corrected chi connectivity index (χ4v) is 6.91. The fourth-order valence-electron chi connectivity index (χ4n) is 5.00. The van der Waals surface area contributed by atoms with Crippen LogP contribution in [-0.2, 0) is 26.0 Å². The number of rotatable bonds is 9. The van der Waals surface area contributed by atoms with Gasteiger partial charge in [-0.3, -0.25) is 0 Å². The van der Waals surface area contributed by atoms with Crippen molar-refractivity contribution < 1.29 is 22.7 Å². The Hall–Kier alpha value is -2.17. The average molecular weight is 548 g/mol. The highest BCUT2D eigenvalue weighted by Crippen LogP contribution is 2.38. The Morgan fingerprint density at radius 1 is 1.24 bits per heavy atom. The molecule has 1 fully saturated rings. The Balaban J connectivity index is 1.55. The summed E-state index contributed by atoms with van der Waals surface area (Å²) in [5, 5.41) is 3.82. The van der Waals surface area contributed by atoms with Crippen molar-refractivity contribution in [2.75, 3.05) is 18.1 Å². The highest BCUT2D eigenvalue weighted by atomic mass is 32.2. The first kappa shape index (κ1) is 27.9. The van der Waals surface area contributed by atoms with Crippen molar-refractivity contribution in [3.63, 3.8) is 0 Å². The number of hydrogen-bond acceptors (Lipinski definition) is 6. The van der Waals surface area contributed by atoms with Gasteiger partial charge < -0.3 is 19.4 Å². The molecule has 0 aromatic carbocycles. The smallest absolute Gasteiger partial charge is 0.407 e. The van der Waals surface area contributed by atoms with Crippen molar-refractivity contribution in [3.8, 4) is 0 Å². The minimum Gasteiger partial charge on any atom is -0.446 e. The van der Waals surface area contributed by atoms with Gasteiger partial charge >= 0.3 is 6.09 Å². The van der Waals surface area contributed by atoms with Gasteiger partial charge in [-0.2, -0.15) is 0 Å². The number of sulfone groups is 1. The molecule has 0 unspecified atom stereocenters. The summed E-state index contributed by atoms with van der Waals surface area (Å²) in [6.45, 7) is 11.9. The van der Waals surface area contributed by atoms with E-state index in [1.54, 1.807) is 0 Å². The maximum atomic E-state index is 12.0. The van der Waals surface area contributed by atoms with Crippen molar-refractivity contribution in [2.24, 2.45) is 0 Å². The zero-order chi connectivity index (χ0) is 26.8. The molecule has 2 aromatic heterocycles. The van der Waals surface area contributed by atoms with Crippen LogP contribution in [0.5, 0.6) is 0 Å². The predicted molar refractivity (Wildman–Crippen MR) is 150 cm³/mol. The van der Waals surface area contributed by atoms with E-state index in [0.29, 0.717) is 19.8 Å². The maximum absolute atomic E-state index is 12.0. The van der Waals surface area contributed by atoms with Crippen molar-refractivity contribution in [1.29, 1.82) is 0 Å². The van der Waals surface area contributed by atoms with Crippen LogP contribution in [0.1, 0.15) is 56.7 Å². The summed E-state index contributed by atoms with van der Waals surface area (Å²) < 4.78 is 37.8. The van der Waals surface area contributed by atoms with Gasteiger partial charge in [-0.1, -0.05) is 25.7 Å². The van der Waals surface area contributed by atoms with E-state index in [1.807, 2.05) is 26.1 Å². The Labute approximate surface area is 221 Å². The summed E-state index contributed by atoms with van der Waals surface area (Å²) in [6, 6.07) is 5.44. The molecule has 1 N–H and O–H groups in total. The summed E-state index contributed by atoms with van der Waals surface area (Å²) in [6.07, 6.45) is 6.41. The third-order valence-corrected chi connectivity index (χ3v) is 10.3. The lowest BCUT2D eigenvalue weighted by Gasteiger charge is -2.18. The van der Waals surface area contributed by atoms with Crippen LogP contribution >= 0.6 is 0 Å². The van der Waals surface area contributed by atoms with Crippen LogP contribution in [0.3, 0.4) is 0 Å². The van der Waals surface area contributed by atoms with Crippen molar-refractivity contribution in [1.82, 2.24) is 14.9 Å². The van der Waals surface area contributed by atoms with Crippen LogP contribution in [0.25, 0.3) is 16.6 Å². The molecule has 0 saturated heterocycles. The number of amides is 1. The molecule has 1 saturated carbocycles. The average Bonchev–Trinajstić information content (AvgIpc) is 3.39. The first-order valence-electron chi connectivity index (χ1n) is 13.3. The van der Waals surface area contributed by atoms with Crippen LogP contribution < -0.4 is 5.32 Å². The number of allylic oxidation sites excluding steroid dienone is 1. The SMILES string of the molecule is CC(C)NC(=O)O[C@@H]1CC[C@H](c2cnc3c(c2)cc(C2=CCS(=O)(=O)CC2)n3COCC[Si](C)(C)C)C1. The Bertz CT molecular complexity index is 1260. The van der Waals surface area contributed by atoms with Gasteiger partial charge in [-0.05, 0) is 74.8 Å². The van der Waals surface area contributed by atoms with Crippen molar-refractivity contribution >= 4 is 40.6 Å². The van der Waals surface area contributed by atoms with E-state index >= 15 is 0 Å². The second-order valence-electron chi connectivity index (χ2n) is 11.9. The number of nitrogens with zero attached hydrogens (tertiary/aromatic N) is 2.